The molecule has 5 rings (SSSR count). The largest absolute Gasteiger partial charge is 0.0884 e. The van der Waals surface area contributed by atoms with Crippen LogP contribution in [0.4, 0.5) is 0 Å². The molecular weight excluding hydrogens is 348 g/mol. The van der Waals surface area contributed by atoms with Crippen molar-refractivity contribution < 1.29 is 0 Å². The lowest BCUT2D eigenvalue weighted by atomic mass is 9.71. The summed E-state index contributed by atoms with van der Waals surface area (Å²) >= 11 is 6.95. The first-order valence-corrected chi connectivity index (χ1v) is 9.69. The third-order valence-corrected chi connectivity index (χ3v) is 5.91. The van der Waals surface area contributed by atoms with Crippen LogP contribution in [-0.2, 0) is 0 Å². The van der Waals surface area contributed by atoms with E-state index in [9.17, 15) is 0 Å². The van der Waals surface area contributed by atoms with Gasteiger partial charge in [-0.15, -0.1) is 0 Å². The molecule has 0 radical (unpaired) electrons. The molecule has 0 fully saturated rings. The van der Waals surface area contributed by atoms with Crippen molar-refractivity contribution in [2.75, 3.05) is 0 Å². The van der Waals surface area contributed by atoms with Crippen LogP contribution in [0.25, 0.3) is 16.8 Å². The molecule has 4 aromatic rings. The fraction of sp³-hybridized carbons (Fsp3) is 0.0769. The second kappa shape index (κ2) is 6.72. The summed E-state index contributed by atoms with van der Waals surface area (Å²) in [7, 11) is 0. The van der Waals surface area contributed by atoms with Crippen molar-refractivity contribution in [2.24, 2.45) is 0 Å². The van der Waals surface area contributed by atoms with Crippen molar-refractivity contribution in [1.82, 2.24) is 0 Å². The Morgan fingerprint density at radius 1 is 0.556 bits per heavy atom. The van der Waals surface area contributed by atoms with Crippen molar-refractivity contribution in [3.63, 3.8) is 0 Å². The molecule has 0 heterocycles. The van der Waals surface area contributed by atoms with E-state index in [1.54, 1.807) is 0 Å². The minimum absolute atomic E-state index is 0.129. The van der Waals surface area contributed by atoms with E-state index in [1.165, 1.54) is 33.0 Å². The fourth-order valence-electron chi connectivity index (χ4n) is 4.36. The van der Waals surface area contributed by atoms with Crippen LogP contribution >= 0.6 is 11.6 Å². The van der Waals surface area contributed by atoms with Crippen LogP contribution in [0.2, 0.25) is 0 Å². The van der Waals surface area contributed by atoms with Crippen LogP contribution in [0, 0.1) is 0 Å². The second-order valence-corrected chi connectivity index (χ2v) is 7.53. The lowest BCUT2D eigenvalue weighted by molar-refractivity contribution is 0.698. The fourth-order valence-corrected chi connectivity index (χ4v) is 4.72. The van der Waals surface area contributed by atoms with Crippen molar-refractivity contribution >= 4 is 28.4 Å². The smallest absolute Gasteiger partial charge is 0.0307 e. The van der Waals surface area contributed by atoms with Gasteiger partial charge in [-0.1, -0.05) is 109 Å². The second-order valence-electron chi connectivity index (χ2n) is 7.10. The van der Waals surface area contributed by atoms with Gasteiger partial charge < -0.3 is 0 Å². The van der Waals surface area contributed by atoms with E-state index < -0.39 is 0 Å². The number of fused-ring (bicyclic) bond motifs is 3. The summed E-state index contributed by atoms with van der Waals surface area (Å²) in [5.41, 5.74) is 5.15. The van der Waals surface area contributed by atoms with Crippen molar-refractivity contribution in [3.05, 3.63) is 124 Å². The lowest BCUT2D eigenvalue weighted by Crippen LogP contribution is -2.18. The van der Waals surface area contributed by atoms with E-state index in [0.717, 1.165) is 5.03 Å². The van der Waals surface area contributed by atoms with E-state index in [0.29, 0.717) is 0 Å². The minimum atomic E-state index is 0.129. The first-order valence-electron chi connectivity index (χ1n) is 9.31. The number of allylic oxidation sites excluding steroid dienone is 1. The zero-order valence-electron chi connectivity index (χ0n) is 14.8. The molecule has 0 saturated heterocycles. The molecule has 0 saturated carbocycles. The normalized spacial score (nSPS) is 18.8. The quantitative estimate of drug-likeness (QED) is 0.348. The summed E-state index contributed by atoms with van der Waals surface area (Å²) in [6.07, 6.45) is 2.18. The maximum absolute atomic E-state index is 6.95. The molecule has 0 amide bonds. The van der Waals surface area contributed by atoms with Crippen LogP contribution in [0.5, 0.6) is 0 Å². The van der Waals surface area contributed by atoms with Gasteiger partial charge in [0.15, 0.2) is 0 Å². The summed E-state index contributed by atoms with van der Waals surface area (Å²) in [5, 5.41) is 3.42. The van der Waals surface area contributed by atoms with Gasteiger partial charge in [-0.3, -0.25) is 0 Å². The molecule has 27 heavy (non-hydrogen) atoms. The summed E-state index contributed by atoms with van der Waals surface area (Å²) < 4.78 is 0. The third-order valence-electron chi connectivity index (χ3n) is 5.57. The van der Waals surface area contributed by atoms with Crippen LogP contribution in [0.1, 0.15) is 34.1 Å². The Hall–Kier alpha value is -2.83. The highest BCUT2D eigenvalue weighted by Crippen LogP contribution is 2.50. The minimum Gasteiger partial charge on any atom is -0.0884 e. The Bertz CT molecular complexity index is 1130. The zero-order chi connectivity index (χ0) is 18.2. The predicted octanol–water partition coefficient (Wildman–Crippen LogP) is 7.35. The predicted molar refractivity (Wildman–Crippen MR) is 115 cm³/mol. The maximum Gasteiger partial charge on any atom is 0.0307 e. The number of hydrogen-bond donors (Lipinski definition) is 0. The van der Waals surface area contributed by atoms with Crippen LogP contribution in [-0.4, -0.2) is 0 Å². The highest BCUT2D eigenvalue weighted by molar-refractivity contribution is 6.33. The average molecular weight is 367 g/mol. The molecule has 1 heteroatoms. The van der Waals surface area contributed by atoms with Gasteiger partial charge in [0, 0.05) is 16.9 Å². The maximum atomic E-state index is 6.95. The van der Waals surface area contributed by atoms with Crippen LogP contribution < -0.4 is 0 Å². The zero-order valence-corrected chi connectivity index (χ0v) is 15.6. The molecule has 1 aliphatic rings. The molecule has 0 unspecified atom stereocenters. The monoisotopic (exact) mass is 366 g/mol. The molecule has 1 aliphatic carbocycles. The molecule has 0 aliphatic heterocycles. The van der Waals surface area contributed by atoms with Gasteiger partial charge in [0.05, 0.1) is 0 Å². The standard InChI is InChI=1S/C26H19Cl/c27-24-17-23-21-14-8-7-9-18(21)15-16-22(23)25(19-10-3-1-4-11-19)26(24)20-12-5-2-6-13-20/h1-17,25-26H/t25-,26+/m0/s1. The summed E-state index contributed by atoms with van der Waals surface area (Å²) in [6.45, 7) is 0. The Kier molecular flexibility index (Phi) is 4.07. The summed E-state index contributed by atoms with van der Waals surface area (Å²) in [5.74, 6) is 0.328. The lowest BCUT2D eigenvalue weighted by Gasteiger charge is -2.33. The van der Waals surface area contributed by atoms with Gasteiger partial charge in [-0.2, -0.15) is 0 Å². The molecule has 0 aromatic heterocycles. The molecule has 0 N–H and O–H groups in total. The van der Waals surface area contributed by atoms with Gasteiger partial charge in [-0.05, 0) is 39.1 Å². The Morgan fingerprint density at radius 3 is 1.85 bits per heavy atom. The first kappa shape index (κ1) is 16.4. The number of rotatable bonds is 2. The van der Waals surface area contributed by atoms with Crippen LogP contribution in [0.3, 0.4) is 0 Å². The Balaban J connectivity index is 1.80. The van der Waals surface area contributed by atoms with Gasteiger partial charge in [0.1, 0.15) is 0 Å². The Morgan fingerprint density at radius 2 is 1.15 bits per heavy atom. The van der Waals surface area contributed by atoms with E-state index >= 15 is 0 Å². The van der Waals surface area contributed by atoms with Gasteiger partial charge in [0.25, 0.3) is 0 Å². The molecule has 0 nitrogen and oxygen atoms in total. The van der Waals surface area contributed by atoms with E-state index in [1.807, 2.05) is 0 Å². The Labute approximate surface area is 164 Å². The first-order chi connectivity index (χ1) is 13.3. The molecule has 4 aromatic carbocycles. The highest BCUT2D eigenvalue weighted by Gasteiger charge is 2.34. The van der Waals surface area contributed by atoms with E-state index in [-0.39, 0.29) is 11.8 Å². The topological polar surface area (TPSA) is 0 Å². The van der Waals surface area contributed by atoms with E-state index in [2.05, 4.69) is 103 Å². The molecule has 130 valence electrons. The number of halogens is 1. The van der Waals surface area contributed by atoms with Gasteiger partial charge in [0.2, 0.25) is 0 Å². The molecular formula is C26H19Cl. The highest BCUT2D eigenvalue weighted by atomic mass is 35.5. The van der Waals surface area contributed by atoms with Crippen LogP contribution in [0.15, 0.2) is 102 Å². The van der Waals surface area contributed by atoms with Crippen molar-refractivity contribution in [1.29, 1.82) is 0 Å². The van der Waals surface area contributed by atoms with Gasteiger partial charge >= 0.3 is 0 Å². The molecule has 0 spiro atoms. The average Bonchev–Trinajstić information content (AvgIpc) is 2.74. The molecule has 0 bridgehead atoms. The van der Waals surface area contributed by atoms with E-state index in [4.69, 9.17) is 11.6 Å². The number of hydrogen-bond acceptors (Lipinski definition) is 0. The van der Waals surface area contributed by atoms with Crippen molar-refractivity contribution in [2.45, 2.75) is 11.8 Å². The molecule has 2 atom stereocenters. The van der Waals surface area contributed by atoms with Crippen molar-refractivity contribution in [3.8, 4) is 0 Å². The summed E-state index contributed by atoms with van der Waals surface area (Å²) in [4.78, 5) is 0. The third kappa shape index (κ3) is 2.78. The SMILES string of the molecule is ClC1=Cc2c(ccc3ccccc23)[C@H](c2ccccc2)[C@@H]1c1ccccc1. The summed E-state index contributed by atoms with van der Waals surface area (Å²) in [6, 6.07) is 34.4. The number of benzene rings is 4. The van der Waals surface area contributed by atoms with Gasteiger partial charge in [-0.25, -0.2) is 0 Å².